The van der Waals surface area contributed by atoms with E-state index in [1.165, 1.54) is 0 Å². The van der Waals surface area contributed by atoms with Crippen LogP contribution in [0.4, 0.5) is 11.4 Å². The number of nitrogens with zero attached hydrogens (tertiary/aromatic N) is 3. The summed E-state index contributed by atoms with van der Waals surface area (Å²) in [6.45, 7) is 1.35. The molecule has 0 fully saturated rings. The Kier molecular flexibility index (Phi) is 13.5. The Morgan fingerprint density at radius 3 is 1.76 bits per heavy atom. The van der Waals surface area contributed by atoms with Crippen LogP contribution in [0.25, 0.3) is 0 Å². The average Bonchev–Trinajstić information content (AvgIpc) is 2.56. The van der Waals surface area contributed by atoms with Crippen molar-refractivity contribution in [2.45, 2.75) is 13.3 Å². The number of rotatable bonds is 7. The van der Waals surface area contributed by atoms with E-state index in [0.29, 0.717) is 12.1 Å². The van der Waals surface area contributed by atoms with Crippen LogP contribution in [-0.4, -0.2) is 62.2 Å². The summed E-state index contributed by atoms with van der Waals surface area (Å²) in [5.74, 6) is 0. The molecule has 0 heterocycles. The van der Waals surface area contributed by atoms with Crippen LogP contribution in [0.3, 0.4) is 0 Å². The third-order valence-electron chi connectivity index (χ3n) is 3.38. The Labute approximate surface area is 170 Å². The molecule has 0 saturated heterocycles. The second-order valence-electron chi connectivity index (χ2n) is 5.35. The number of hydrogen-bond acceptors (Lipinski definition) is 8. The van der Waals surface area contributed by atoms with Crippen LogP contribution in [0.2, 0.25) is 0 Å². The van der Waals surface area contributed by atoms with Gasteiger partial charge in [-0.3, -0.25) is 0 Å². The summed E-state index contributed by atoms with van der Waals surface area (Å²) >= 11 is 0. The van der Waals surface area contributed by atoms with Gasteiger partial charge in [-0.05, 0) is 30.7 Å². The molecule has 1 aromatic rings. The molecular formula is C14H24N3NaO6S. The number of hydrogen-bond donors (Lipinski definition) is 3. The molecule has 0 amide bonds. The van der Waals surface area contributed by atoms with Gasteiger partial charge in [-0.15, -0.1) is 5.11 Å². The number of benzene rings is 1. The summed E-state index contributed by atoms with van der Waals surface area (Å²) in [5, 5.41) is 29.3. The van der Waals surface area contributed by atoms with Crippen molar-refractivity contribution >= 4 is 21.7 Å². The van der Waals surface area contributed by atoms with Gasteiger partial charge < -0.3 is 24.8 Å². The monoisotopic (exact) mass is 385 g/mol. The first-order chi connectivity index (χ1) is 11.1. The minimum absolute atomic E-state index is 0. The van der Waals surface area contributed by atoms with Crippen LogP contribution < -0.4 is 34.5 Å². The molecule has 0 bridgehead atoms. The van der Waals surface area contributed by atoms with Crippen molar-refractivity contribution in [1.29, 1.82) is 0 Å². The first-order valence-electron chi connectivity index (χ1n) is 7.12. The van der Waals surface area contributed by atoms with Crippen LogP contribution in [-0.2, 0) is 10.3 Å². The van der Waals surface area contributed by atoms with Crippen molar-refractivity contribution in [3.63, 3.8) is 0 Å². The average molecular weight is 385 g/mol. The van der Waals surface area contributed by atoms with E-state index in [1.54, 1.807) is 24.3 Å². The molecule has 25 heavy (non-hydrogen) atoms. The Bertz CT molecular complexity index is 586. The zero-order valence-corrected chi connectivity index (χ0v) is 17.8. The van der Waals surface area contributed by atoms with Crippen LogP contribution in [0, 0.1) is 5.41 Å². The summed E-state index contributed by atoms with van der Waals surface area (Å²) in [5.41, 5.74) is 0.596. The molecule has 138 valence electrons. The third-order valence-corrected chi connectivity index (χ3v) is 3.66. The van der Waals surface area contributed by atoms with Crippen molar-refractivity contribution in [2.24, 2.45) is 15.0 Å². The molecule has 0 aromatic heterocycles. The Balaban J connectivity index is 0. The van der Waals surface area contributed by atoms with E-state index in [4.69, 9.17) is 15.3 Å². The van der Waals surface area contributed by atoms with Gasteiger partial charge in [0.25, 0.3) is 0 Å². The maximum Gasteiger partial charge on any atom is 1.00 e. The normalized spacial score (nSPS) is 11.5. The zero-order chi connectivity index (χ0) is 18.8. The molecule has 0 aliphatic heterocycles. The fraction of sp³-hybridized carbons (Fsp3) is 0.571. The predicted molar refractivity (Wildman–Crippen MR) is 89.0 cm³/mol. The standard InChI is InChI=1S/C8H11N3O3S.C6H14O3.Na/c1-11(2)8-5-3-7(4-6-8)9-10-15(12,13)14;1-2-6(3-7,4-8)5-9;/h3-6H,1-2H3,(H,12,13,14);7-9H,2-5H2,1H3;/q;;+1/p-1/b10-9+;;. The van der Waals surface area contributed by atoms with Gasteiger partial charge in [-0.2, -0.15) is 0 Å². The zero-order valence-electron chi connectivity index (χ0n) is 15.0. The second kappa shape index (κ2) is 12.7. The van der Waals surface area contributed by atoms with Gasteiger partial charge in [0.15, 0.2) is 0 Å². The first kappa shape index (κ1) is 26.6. The van der Waals surface area contributed by atoms with Gasteiger partial charge in [0.1, 0.15) is 0 Å². The van der Waals surface area contributed by atoms with E-state index in [1.807, 2.05) is 25.9 Å². The van der Waals surface area contributed by atoms with Crippen molar-refractivity contribution in [3.05, 3.63) is 24.3 Å². The van der Waals surface area contributed by atoms with Gasteiger partial charge in [0, 0.05) is 25.2 Å². The van der Waals surface area contributed by atoms with Gasteiger partial charge in [-0.1, -0.05) is 11.4 Å². The number of aliphatic hydroxyl groups excluding tert-OH is 3. The van der Waals surface area contributed by atoms with Gasteiger partial charge >= 0.3 is 29.6 Å². The van der Waals surface area contributed by atoms with Crippen molar-refractivity contribution in [1.82, 2.24) is 0 Å². The summed E-state index contributed by atoms with van der Waals surface area (Å²) in [6.07, 6.45) is 0.594. The van der Waals surface area contributed by atoms with Crippen molar-refractivity contribution in [2.75, 3.05) is 38.8 Å². The molecule has 1 aromatic carbocycles. The van der Waals surface area contributed by atoms with E-state index in [9.17, 15) is 13.0 Å². The third kappa shape index (κ3) is 10.9. The molecule has 3 N–H and O–H groups in total. The van der Waals surface area contributed by atoms with Crippen LogP contribution in [0.5, 0.6) is 0 Å². The Morgan fingerprint density at radius 1 is 1.08 bits per heavy atom. The summed E-state index contributed by atoms with van der Waals surface area (Å²) in [6, 6.07) is 6.63. The van der Waals surface area contributed by atoms with Gasteiger partial charge in [-0.25, -0.2) is 8.42 Å². The molecule has 0 atom stereocenters. The van der Waals surface area contributed by atoms with Crippen molar-refractivity contribution < 1.29 is 57.8 Å². The molecule has 1 rings (SSSR count). The van der Waals surface area contributed by atoms with Crippen molar-refractivity contribution in [3.8, 4) is 0 Å². The van der Waals surface area contributed by atoms with E-state index < -0.39 is 15.7 Å². The van der Waals surface area contributed by atoms with E-state index >= 15 is 0 Å². The largest absolute Gasteiger partial charge is 1.00 e. The van der Waals surface area contributed by atoms with E-state index in [2.05, 4.69) is 9.63 Å². The molecule has 9 nitrogen and oxygen atoms in total. The second-order valence-corrected chi connectivity index (χ2v) is 6.37. The van der Waals surface area contributed by atoms with Crippen LogP contribution in [0.15, 0.2) is 33.9 Å². The summed E-state index contributed by atoms with van der Waals surface area (Å²) in [7, 11) is -0.904. The smallest absolute Gasteiger partial charge is 0.728 e. The summed E-state index contributed by atoms with van der Waals surface area (Å²) in [4.78, 5) is 1.88. The molecule has 0 spiro atoms. The molecule has 0 radical (unpaired) electrons. The number of anilines is 1. The topological polar surface area (TPSA) is 146 Å². The quantitative estimate of drug-likeness (QED) is 0.271. The maximum absolute atomic E-state index is 10.2. The fourth-order valence-electron chi connectivity index (χ4n) is 1.40. The molecule has 11 heteroatoms. The minimum atomic E-state index is -4.65. The minimum Gasteiger partial charge on any atom is -0.728 e. The fourth-order valence-corrected chi connectivity index (χ4v) is 1.59. The molecule has 0 unspecified atom stereocenters. The van der Waals surface area contributed by atoms with E-state index in [-0.39, 0.29) is 49.4 Å². The Hall–Kier alpha value is -0.590. The van der Waals surface area contributed by atoms with Gasteiger partial charge in [0.2, 0.25) is 10.3 Å². The molecule has 0 aliphatic carbocycles. The maximum atomic E-state index is 10.2. The van der Waals surface area contributed by atoms with Crippen LogP contribution >= 0.6 is 0 Å². The molecular weight excluding hydrogens is 361 g/mol. The first-order valence-corrected chi connectivity index (χ1v) is 8.48. The number of aliphatic hydroxyl groups is 3. The van der Waals surface area contributed by atoms with E-state index in [0.717, 1.165) is 5.69 Å². The van der Waals surface area contributed by atoms with Crippen LogP contribution in [0.1, 0.15) is 13.3 Å². The summed E-state index contributed by atoms with van der Waals surface area (Å²) < 4.78 is 33.1. The molecule has 0 saturated carbocycles. The Morgan fingerprint density at radius 2 is 1.52 bits per heavy atom. The predicted octanol–water partition coefficient (Wildman–Crippen LogP) is -2.34. The SMILES string of the molecule is CCC(CO)(CO)CO.CN(C)c1ccc(/N=N/S(=O)(=O)[O-])cc1.[Na+]. The molecule has 0 aliphatic rings. The van der Waals surface area contributed by atoms with Gasteiger partial charge in [0.05, 0.1) is 25.5 Å².